The molecule has 5 rings (SSSR count). The minimum absolute atomic E-state index is 0.105. The van der Waals surface area contributed by atoms with E-state index in [0.29, 0.717) is 51.3 Å². The maximum atomic E-state index is 13.4. The standard InChI is InChI=1S/C25H29N5O4/c26-7-3-9-34-18-6-5-16-13-30(14-17(16)10-18)25(33)20-11-19-21(12-23(20)31)27-28-22(19)15-29-8-2-1-4-24(29)32/h5-6,10-12,31H,1-4,7-9,13-15,26H2,(H,27,28). The average molecular weight is 464 g/mol. The number of likely N-dealkylation sites (tertiary alicyclic amines) is 1. The van der Waals surface area contributed by atoms with Crippen LogP contribution in [0.3, 0.4) is 0 Å². The average Bonchev–Trinajstić information content (AvgIpc) is 3.43. The third-order valence-electron chi connectivity index (χ3n) is 6.56. The molecule has 1 fully saturated rings. The molecule has 1 aromatic heterocycles. The van der Waals surface area contributed by atoms with Crippen LogP contribution in [0.15, 0.2) is 30.3 Å². The van der Waals surface area contributed by atoms with Gasteiger partial charge in [-0.2, -0.15) is 5.10 Å². The topological polar surface area (TPSA) is 125 Å². The van der Waals surface area contributed by atoms with Crippen molar-refractivity contribution < 1.29 is 19.4 Å². The minimum Gasteiger partial charge on any atom is -0.507 e. The molecule has 3 heterocycles. The molecular formula is C25H29N5O4. The molecule has 0 atom stereocenters. The fourth-order valence-electron chi connectivity index (χ4n) is 4.66. The van der Waals surface area contributed by atoms with Gasteiger partial charge in [0, 0.05) is 37.5 Å². The van der Waals surface area contributed by atoms with Crippen molar-refractivity contribution in [2.75, 3.05) is 19.7 Å². The summed E-state index contributed by atoms with van der Waals surface area (Å²) in [4.78, 5) is 29.1. The van der Waals surface area contributed by atoms with Gasteiger partial charge in [0.1, 0.15) is 11.5 Å². The number of phenols is 1. The molecule has 9 nitrogen and oxygen atoms in total. The lowest BCUT2D eigenvalue weighted by Gasteiger charge is -2.26. The van der Waals surface area contributed by atoms with Gasteiger partial charge in [-0.15, -0.1) is 0 Å². The van der Waals surface area contributed by atoms with E-state index in [1.54, 1.807) is 11.0 Å². The van der Waals surface area contributed by atoms with E-state index < -0.39 is 0 Å². The highest BCUT2D eigenvalue weighted by Crippen LogP contribution is 2.32. The van der Waals surface area contributed by atoms with Gasteiger partial charge in [0.15, 0.2) is 0 Å². The fourth-order valence-corrected chi connectivity index (χ4v) is 4.66. The van der Waals surface area contributed by atoms with Crippen LogP contribution in [-0.2, 0) is 24.4 Å². The summed E-state index contributed by atoms with van der Waals surface area (Å²) in [5.74, 6) is 0.542. The lowest BCUT2D eigenvalue weighted by atomic mass is 10.1. The van der Waals surface area contributed by atoms with Gasteiger partial charge < -0.3 is 25.4 Å². The van der Waals surface area contributed by atoms with Crippen LogP contribution in [0.2, 0.25) is 0 Å². The molecule has 2 aliphatic rings. The Balaban J connectivity index is 1.35. The molecule has 178 valence electrons. The molecule has 2 aliphatic heterocycles. The molecule has 0 aliphatic carbocycles. The first kappa shape index (κ1) is 22.2. The van der Waals surface area contributed by atoms with Crippen molar-refractivity contribution in [2.24, 2.45) is 5.73 Å². The number of H-pyrrole nitrogens is 1. The number of hydrogen-bond donors (Lipinski definition) is 3. The number of nitrogens with zero attached hydrogens (tertiary/aromatic N) is 3. The first-order chi connectivity index (χ1) is 16.5. The zero-order valence-electron chi connectivity index (χ0n) is 19.0. The summed E-state index contributed by atoms with van der Waals surface area (Å²) >= 11 is 0. The predicted octanol–water partition coefficient (Wildman–Crippen LogP) is 2.66. The van der Waals surface area contributed by atoms with E-state index in [0.717, 1.165) is 47.2 Å². The van der Waals surface area contributed by atoms with Crippen LogP contribution in [0.4, 0.5) is 0 Å². The molecule has 9 heteroatoms. The fraction of sp³-hybridized carbons (Fsp3) is 0.400. The second-order valence-corrected chi connectivity index (χ2v) is 8.94. The van der Waals surface area contributed by atoms with Gasteiger partial charge in [-0.05, 0) is 55.1 Å². The first-order valence-corrected chi connectivity index (χ1v) is 11.7. The van der Waals surface area contributed by atoms with E-state index >= 15 is 0 Å². The molecular weight excluding hydrogens is 434 g/mol. The Hall–Kier alpha value is -3.59. The van der Waals surface area contributed by atoms with Gasteiger partial charge in [-0.1, -0.05) is 6.07 Å². The number of ether oxygens (including phenoxy) is 1. The Kier molecular flexibility index (Phi) is 6.10. The Morgan fingerprint density at radius 1 is 1.18 bits per heavy atom. The third kappa shape index (κ3) is 4.31. The number of nitrogens with two attached hydrogens (primary N) is 1. The van der Waals surface area contributed by atoms with Crippen LogP contribution in [0.5, 0.6) is 11.5 Å². The SMILES string of the molecule is NCCCOc1ccc2c(c1)CN(C(=O)c1cc3c(CN4CCCCC4=O)[nH]nc3cc1O)C2. The Morgan fingerprint density at radius 3 is 2.85 bits per heavy atom. The molecule has 0 saturated carbocycles. The number of rotatable bonds is 7. The van der Waals surface area contributed by atoms with Crippen LogP contribution in [0.1, 0.15) is 52.9 Å². The number of aromatic nitrogens is 2. The number of aromatic amines is 1. The summed E-state index contributed by atoms with van der Waals surface area (Å²) in [5, 5.41) is 18.6. The molecule has 3 aromatic rings. The van der Waals surface area contributed by atoms with Gasteiger partial charge in [-0.25, -0.2) is 0 Å². The molecule has 2 aromatic carbocycles. The Labute approximate surface area is 197 Å². The van der Waals surface area contributed by atoms with Crippen molar-refractivity contribution in [1.29, 1.82) is 0 Å². The third-order valence-corrected chi connectivity index (χ3v) is 6.56. The highest BCUT2D eigenvalue weighted by molar-refractivity contribution is 6.01. The number of benzene rings is 2. The lowest BCUT2D eigenvalue weighted by molar-refractivity contribution is -0.133. The maximum absolute atomic E-state index is 13.4. The molecule has 0 spiro atoms. The number of aromatic hydroxyl groups is 1. The zero-order chi connectivity index (χ0) is 23.7. The molecule has 34 heavy (non-hydrogen) atoms. The molecule has 4 N–H and O–H groups in total. The normalized spacial score (nSPS) is 15.7. The van der Waals surface area contributed by atoms with Crippen molar-refractivity contribution in [3.63, 3.8) is 0 Å². The molecule has 0 unspecified atom stereocenters. The number of carbonyl (C=O) groups excluding carboxylic acids is 2. The summed E-state index contributed by atoms with van der Waals surface area (Å²) in [6.07, 6.45) is 3.25. The summed E-state index contributed by atoms with van der Waals surface area (Å²) in [5.41, 5.74) is 9.18. The van der Waals surface area contributed by atoms with Crippen LogP contribution in [0.25, 0.3) is 10.9 Å². The Morgan fingerprint density at radius 2 is 2.03 bits per heavy atom. The lowest BCUT2D eigenvalue weighted by Crippen LogP contribution is -2.34. The van der Waals surface area contributed by atoms with Gasteiger partial charge >= 0.3 is 0 Å². The Bertz CT molecular complexity index is 1240. The van der Waals surface area contributed by atoms with Crippen molar-refractivity contribution in [2.45, 2.75) is 45.3 Å². The summed E-state index contributed by atoms with van der Waals surface area (Å²) in [6, 6.07) is 9.05. The van der Waals surface area contributed by atoms with E-state index in [1.165, 1.54) is 6.07 Å². The van der Waals surface area contributed by atoms with E-state index in [2.05, 4.69) is 10.2 Å². The van der Waals surface area contributed by atoms with Crippen LogP contribution in [0, 0.1) is 0 Å². The quantitative estimate of drug-likeness (QED) is 0.463. The maximum Gasteiger partial charge on any atom is 0.258 e. The smallest absolute Gasteiger partial charge is 0.258 e. The van der Waals surface area contributed by atoms with Gasteiger partial charge in [0.05, 0.1) is 29.9 Å². The summed E-state index contributed by atoms with van der Waals surface area (Å²) in [7, 11) is 0. The molecule has 1 saturated heterocycles. The van der Waals surface area contributed by atoms with Crippen molar-refractivity contribution >= 4 is 22.7 Å². The summed E-state index contributed by atoms with van der Waals surface area (Å²) in [6.45, 7) is 3.17. The van der Waals surface area contributed by atoms with E-state index in [4.69, 9.17) is 10.5 Å². The van der Waals surface area contributed by atoms with Crippen LogP contribution < -0.4 is 10.5 Å². The van der Waals surface area contributed by atoms with Gasteiger partial charge in [0.2, 0.25) is 5.91 Å². The van der Waals surface area contributed by atoms with E-state index in [-0.39, 0.29) is 23.1 Å². The van der Waals surface area contributed by atoms with Crippen molar-refractivity contribution in [3.8, 4) is 11.5 Å². The number of nitrogens with one attached hydrogen (secondary N) is 1. The zero-order valence-corrected chi connectivity index (χ0v) is 19.0. The van der Waals surface area contributed by atoms with Crippen LogP contribution >= 0.6 is 0 Å². The van der Waals surface area contributed by atoms with Crippen molar-refractivity contribution in [3.05, 3.63) is 52.7 Å². The number of piperidine rings is 1. The van der Waals surface area contributed by atoms with Crippen molar-refractivity contribution in [1.82, 2.24) is 20.0 Å². The number of amides is 2. The highest BCUT2D eigenvalue weighted by Gasteiger charge is 2.28. The predicted molar refractivity (Wildman–Crippen MR) is 126 cm³/mol. The van der Waals surface area contributed by atoms with Crippen LogP contribution in [-0.4, -0.2) is 56.6 Å². The second kappa shape index (κ2) is 9.34. The largest absolute Gasteiger partial charge is 0.507 e. The molecule has 0 bridgehead atoms. The van der Waals surface area contributed by atoms with E-state index in [1.807, 2.05) is 23.1 Å². The number of hydrogen-bond acceptors (Lipinski definition) is 6. The summed E-state index contributed by atoms with van der Waals surface area (Å²) < 4.78 is 5.73. The second-order valence-electron chi connectivity index (χ2n) is 8.94. The monoisotopic (exact) mass is 463 g/mol. The number of carbonyl (C=O) groups is 2. The minimum atomic E-state index is -0.248. The van der Waals surface area contributed by atoms with E-state index in [9.17, 15) is 14.7 Å². The number of phenolic OH excluding ortho intramolecular Hbond substituents is 1. The first-order valence-electron chi connectivity index (χ1n) is 11.7. The molecule has 0 radical (unpaired) electrons. The highest BCUT2D eigenvalue weighted by atomic mass is 16.5. The van der Waals surface area contributed by atoms with Gasteiger partial charge in [-0.3, -0.25) is 14.7 Å². The number of fused-ring (bicyclic) bond motifs is 2. The van der Waals surface area contributed by atoms with Gasteiger partial charge in [0.25, 0.3) is 5.91 Å². The molecule has 2 amide bonds.